The van der Waals surface area contributed by atoms with Gasteiger partial charge in [0.15, 0.2) is 0 Å². The van der Waals surface area contributed by atoms with Gasteiger partial charge >= 0.3 is 5.97 Å². The number of likely N-dealkylation sites (N-methyl/N-ethyl adjacent to an activating group) is 1. The van der Waals surface area contributed by atoms with E-state index in [1.165, 1.54) is 0 Å². The quantitative estimate of drug-likeness (QED) is 0.562. The van der Waals surface area contributed by atoms with Gasteiger partial charge in [0, 0.05) is 26.6 Å². The monoisotopic (exact) mass is 273 g/mol. The summed E-state index contributed by atoms with van der Waals surface area (Å²) in [5, 5.41) is 8.66. The Morgan fingerprint density at radius 1 is 1.21 bits per heavy atom. The second-order valence-electron chi connectivity index (χ2n) is 4.84. The summed E-state index contributed by atoms with van der Waals surface area (Å²) in [6, 6.07) is -0.794. The van der Waals surface area contributed by atoms with E-state index in [0.29, 0.717) is 19.5 Å². The third kappa shape index (κ3) is 8.56. The Balaban J connectivity index is 3.89. The van der Waals surface area contributed by atoms with Crippen molar-refractivity contribution in [3.63, 3.8) is 0 Å². The van der Waals surface area contributed by atoms with Gasteiger partial charge in [0.1, 0.15) is 6.04 Å². The molecule has 0 aromatic heterocycles. The number of hydrogen-bond acceptors (Lipinski definition) is 4. The lowest BCUT2D eigenvalue weighted by Crippen LogP contribution is -2.37. The van der Waals surface area contributed by atoms with Crippen LogP contribution >= 0.6 is 0 Å². The molecule has 0 bridgehead atoms. The summed E-state index contributed by atoms with van der Waals surface area (Å²) < 4.78 is 0. The molecule has 0 saturated carbocycles. The number of carbonyl (C=O) groups is 2. The highest BCUT2D eigenvalue weighted by Crippen LogP contribution is 2.02. The third-order valence-corrected chi connectivity index (χ3v) is 3.25. The van der Waals surface area contributed by atoms with Crippen LogP contribution in [0.3, 0.4) is 0 Å². The number of unbranched alkanes of at least 4 members (excludes halogenated alkanes) is 1. The summed E-state index contributed by atoms with van der Waals surface area (Å²) in [5.41, 5.74) is 5.42. The molecule has 6 heteroatoms. The van der Waals surface area contributed by atoms with Gasteiger partial charge in [0.25, 0.3) is 0 Å². The first-order valence-corrected chi connectivity index (χ1v) is 6.80. The van der Waals surface area contributed by atoms with E-state index in [2.05, 4.69) is 11.8 Å². The summed E-state index contributed by atoms with van der Waals surface area (Å²) in [4.78, 5) is 26.0. The minimum Gasteiger partial charge on any atom is -0.480 e. The molecule has 0 radical (unpaired) electrons. The average molecular weight is 273 g/mol. The van der Waals surface area contributed by atoms with Gasteiger partial charge in [-0.25, -0.2) is 0 Å². The van der Waals surface area contributed by atoms with E-state index in [-0.39, 0.29) is 5.91 Å². The molecule has 0 saturated heterocycles. The standard InChI is InChI=1S/C13H27N3O3/c1-4-15(3)9-10-16(11(2)17)8-6-5-7-12(14)13(18)19/h12H,4-10,14H2,1-3H3,(H,18,19)/t12-/m0/s1. The van der Waals surface area contributed by atoms with Crippen molar-refractivity contribution < 1.29 is 14.7 Å². The van der Waals surface area contributed by atoms with Gasteiger partial charge < -0.3 is 20.6 Å². The van der Waals surface area contributed by atoms with Crippen LogP contribution in [-0.2, 0) is 9.59 Å². The Hall–Kier alpha value is -1.14. The first kappa shape index (κ1) is 17.9. The van der Waals surface area contributed by atoms with Crippen LogP contribution in [0.15, 0.2) is 0 Å². The number of carboxylic acid groups (broad SMARTS) is 1. The zero-order valence-corrected chi connectivity index (χ0v) is 12.3. The van der Waals surface area contributed by atoms with Gasteiger partial charge in [-0.15, -0.1) is 0 Å². The summed E-state index contributed by atoms with van der Waals surface area (Å²) in [7, 11) is 2.02. The van der Waals surface area contributed by atoms with E-state index in [9.17, 15) is 9.59 Å². The Morgan fingerprint density at radius 2 is 1.84 bits per heavy atom. The van der Waals surface area contributed by atoms with Gasteiger partial charge in [-0.3, -0.25) is 9.59 Å². The molecule has 0 spiro atoms. The molecule has 112 valence electrons. The molecule has 0 fully saturated rings. The zero-order valence-electron chi connectivity index (χ0n) is 12.3. The topological polar surface area (TPSA) is 86.9 Å². The fraction of sp³-hybridized carbons (Fsp3) is 0.846. The molecular weight excluding hydrogens is 246 g/mol. The van der Waals surface area contributed by atoms with Gasteiger partial charge in [0.05, 0.1) is 0 Å². The Bertz CT molecular complexity index is 284. The van der Waals surface area contributed by atoms with Crippen molar-refractivity contribution in [2.24, 2.45) is 5.73 Å². The van der Waals surface area contributed by atoms with Crippen molar-refractivity contribution in [3.8, 4) is 0 Å². The summed E-state index contributed by atoms with van der Waals surface area (Å²) in [6.45, 7) is 6.83. The van der Waals surface area contributed by atoms with Gasteiger partial charge in [-0.05, 0) is 32.9 Å². The molecule has 1 atom stereocenters. The highest BCUT2D eigenvalue weighted by Gasteiger charge is 2.12. The van der Waals surface area contributed by atoms with Crippen LogP contribution in [0.1, 0.15) is 33.1 Å². The Morgan fingerprint density at radius 3 is 2.32 bits per heavy atom. The predicted octanol–water partition coefficient (Wildman–Crippen LogP) is 0.369. The number of carbonyl (C=O) groups excluding carboxylic acids is 1. The van der Waals surface area contributed by atoms with E-state index < -0.39 is 12.0 Å². The van der Waals surface area contributed by atoms with E-state index >= 15 is 0 Å². The lowest BCUT2D eigenvalue weighted by atomic mass is 10.1. The average Bonchev–Trinajstić information content (AvgIpc) is 2.36. The normalized spacial score (nSPS) is 12.5. The van der Waals surface area contributed by atoms with Crippen molar-refractivity contribution in [1.29, 1.82) is 0 Å². The lowest BCUT2D eigenvalue weighted by Gasteiger charge is -2.24. The minimum absolute atomic E-state index is 0.0621. The van der Waals surface area contributed by atoms with Crippen molar-refractivity contribution in [2.75, 3.05) is 33.2 Å². The van der Waals surface area contributed by atoms with E-state index in [1.807, 2.05) is 7.05 Å². The van der Waals surface area contributed by atoms with Crippen LogP contribution in [0.5, 0.6) is 0 Å². The smallest absolute Gasteiger partial charge is 0.320 e. The summed E-state index contributed by atoms with van der Waals surface area (Å²) in [5.74, 6) is -0.903. The summed E-state index contributed by atoms with van der Waals surface area (Å²) in [6.07, 6.45) is 1.97. The number of nitrogens with two attached hydrogens (primary N) is 1. The highest BCUT2D eigenvalue weighted by atomic mass is 16.4. The van der Waals surface area contributed by atoms with E-state index in [4.69, 9.17) is 10.8 Å². The maximum Gasteiger partial charge on any atom is 0.320 e. The second kappa shape index (κ2) is 9.75. The van der Waals surface area contributed by atoms with Gasteiger partial charge in [-0.1, -0.05) is 6.92 Å². The lowest BCUT2D eigenvalue weighted by molar-refractivity contribution is -0.138. The molecule has 0 rings (SSSR count). The molecule has 0 aromatic rings. The number of rotatable bonds is 10. The van der Waals surface area contributed by atoms with Crippen LogP contribution in [0.4, 0.5) is 0 Å². The SMILES string of the molecule is CCN(C)CCN(CCCC[C@H](N)C(=O)O)C(C)=O. The number of nitrogens with zero attached hydrogens (tertiary/aromatic N) is 2. The van der Waals surface area contributed by atoms with Crippen LogP contribution in [-0.4, -0.2) is 66.1 Å². The van der Waals surface area contributed by atoms with E-state index in [1.54, 1.807) is 11.8 Å². The molecule has 0 aliphatic heterocycles. The number of aliphatic carboxylic acids is 1. The van der Waals surface area contributed by atoms with Crippen LogP contribution in [0.2, 0.25) is 0 Å². The van der Waals surface area contributed by atoms with Crippen molar-refractivity contribution in [2.45, 2.75) is 39.2 Å². The van der Waals surface area contributed by atoms with Gasteiger partial charge in [0.2, 0.25) is 5.91 Å². The molecule has 0 heterocycles. The Labute approximate surface area is 115 Å². The van der Waals surface area contributed by atoms with Crippen LogP contribution < -0.4 is 5.73 Å². The number of amides is 1. The molecule has 0 aromatic carbocycles. The molecule has 0 aliphatic carbocycles. The van der Waals surface area contributed by atoms with Crippen molar-refractivity contribution in [1.82, 2.24) is 9.80 Å². The zero-order chi connectivity index (χ0) is 14.8. The number of carboxylic acids is 1. The molecule has 3 N–H and O–H groups in total. The molecule has 6 nitrogen and oxygen atoms in total. The first-order valence-electron chi connectivity index (χ1n) is 6.80. The fourth-order valence-corrected chi connectivity index (χ4v) is 1.67. The first-order chi connectivity index (χ1) is 8.88. The third-order valence-electron chi connectivity index (χ3n) is 3.25. The molecular formula is C13H27N3O3. The van der Waals surface area contributed by atoms with Gasteiger partial charge in [-0.2, -0.15) is 0 Å². The van der Waals surface area contributed by atoms with Crippen LogP contribution in [0.25, 0.3) is 0 Å². The highest BCUT2D eigenvalue weighted by molar-refractivity contribution is 5.73. The molecule has 19 heavy (non-hydrogen) atoms. The number of hydrogen-bond donors (Lipinski definition) is 2. The maximum atomic E-state index is 11.5. The van der Waals surface area contributed by atoms with Crippen LogP contribution in [0, 0.1) is 0 Å². The maximum absolute atomic E-state index is 11.5. The minimum atomic E-state index is -0.965. The van der Waals surface area contributed by atoms with Crippen molar-refractivity contribution in [3.05, 3.63) is 0 Å². The Kier molecular flexibility index (Phi) is 9.16. The summed E-state index contributed by atoms with van der Waals surface area (Å²) >= 11 is 0. The molecule has 0 unspecified atom stereocenters. The van der Waals surface area contributed by atoms with E-state index in [0.717, 1.165) is 25.9 Å². The predicted molar refractivity (Wildman–Crippen MR) is 74.9 cm³/mol. The van der Waals surface area contributed by atoms with Crippen molar-refractivity contribution >= 4 is 11.9 Å². The largest absolute Gasteiger partial charge is 0.480 e. The second-order valence-corrected chi connectivity index (χ2v) is 4.84. The molecule has 1 amide bonds. The molecule has 0 aliphatic rings. The fourth-order valence-electron chi connectivity index (χ4n) is 1.67.